The summed E-state index contributed by atoms with van der Waals surface area (Å²) in [7, 11) is -2.72. The van der Waals surface area contributed by atoms with Crippen molar-refractivity contribution in [2.45, 2.75) is 44.1 Å². The Kier molecular flexibility index (Phi) is 8.49. The highest BCUT2D eigenvalue weighted by molar-refractivity contribution is 7.92. The highest BCUT2D eigenvalue weighted by atomic mass is 32.2. The van der Waals surface area contributed by atoms with Gasteiger partial charge in [0, 0.05) is 25.2 Å². The normalized spacial score (nSPS) is 14.6. The second kappa shape index (κ2) is 11.7. The summed E-state index contributed by atoms with van der Waals surface area (Å²) in [4.78, 5) is 13.8. The van der Waals surface area contributed by atoms with E-state index in [1.807, 2.05) is 51.1 Å². The molecule has 1 saturated heterocycles. The van der Waals surface area contributed by atoms with Crippen LogP contribution < -0.4 is 9.04 Å². The lowest BCUT2D eigenvalue weighted by Gasteiger charge is -2.36. The molecule has 1 aliphatic heterocycles. The Balaban J connectivity index is 1.71. The maximum atomic E-state index is 14.9. The Hall–Kier alpha value is -3.59. The van der Waals surface area contributed by atoms with E-state index in [1.54, 1.807) is 30.2 Å². The number of rotatable bonds is 7. The van der Waals surface area contributed by atoms with Crippen LogP contribution in [0.3, 0.4) is 0 Å². The van der Waals surface area contributed by atoms with Crippen molar-refractivity contribution in [2.24, 2.45) is 5.92 Å². The summed E-state index contributed by atoms with van der Waals surface area (Å²) in [5.41, 5.74) is 1.29. The van der Waals surface area contributed by atoms with Crippen molar-refractivity contribution in [1.29, 1.82) is 0 Å². The minimum atomic E-state index is -4.28. The fourth-order valence-electron chi connectivity index (χ4n) is 4.67. The fraction of sp³-hybridized carbons (Fsp3) is 0.367. The van der Waals surface area contributed by atoms with Gasteiger partial charge in [0.1, 0.15) is 22.1 Å². The van der Waals surface area contributed by atoms with E-state index in [-0.39, 0.29) is 23.5 Å². The third kappa shape index (κ3) is 6.71. The number of carbonyl (C=O) groups is 1. The molecule has 1 fully saturated rings. The van der Waals surface area contributed by atoms with E-state index in [1.165, 1.54) is 22.5 Å². The number of carbonyl (C=O) groups excluding carboxylic acids is 1. The highest BCUT2D eigenvalue weighted by Crippen LogP contribution is 2.38. The smallest absolute Gasteiger partial charge is 0.410 e. The minimum absolute atomic E-state index is 0.0593. The van der Waals surface area contributed by atoms with Gasteiger partial charge in [-0.3, -0.25) is 4.31 Å². The zero-order chi connectivity index (χ0) is 28.2. The van der Waals surface area contributed by atoms with Gasteiger partial charge in [-0.2, -0.15) is 0 Å². The summed E-state index contributed by atoms with van der Waals surface area (Å²) in [5, 5.41) is 0. The molecule has 0 bridgehead atoms. The first-order chi connectivity index (χ1) is 18.5. The molecule has 4 rings (SSSR count). The van der Waals surface area contributed by atoms with Gasteiger partial charge in [0.2, 0.25) is 0 Å². The van der Waals surface area contributed by atoms with Crippen LogP contribution in [0.1, 0.15) is 33.6 Å². The van der Waals surface area contributed by atoms with Gasteiger partial charge in [-0.1, -0.05) is 42.5 Å². The van der Waals surface area contributed by atoms with Crippen molar-refractivity contribution >= 4 is 21.8 Å². The van der Waals surface area contributed by atoms with Gasteiger partial charge in [0.15, 0.2) is 0 Å². The summed E-state index contributed by atoms with van der Waals surface area (Å²) in [6.07, 6.45) is 0.789. The predicted molar refractivity (Wildman–Crippen MR) is 150 cm³/mol. The van der Waals surface area contributed by atoms with Crippen LogP contribution in [0.2, 0.25) is 0 Å². The summed E-state index contributed by atoms with van der Waals surface area (Å²) in [6.45, 7) is 6.49. The number of methoxy groups -OCH3 is 1. The number of ether oxygens (including phenoxy) is 2. The molecular weight excluding hydrogens is 519 g/mol. The number of nitrogens with zero attached hydrogens (tertiary/aromatic N) is 2. The quantitative estimate of drug-likeness (QED) is 0.341. The van der Waals surface area contributed by atoms with Gasteiger partial charge in [0.25, 0.3) is 10.0 Å². The van der Waals surface area contributed by atoms with Gasteiger partial charge in [0.05, 0.1) is 12.8 Å². The van der Waals surface area contributed by atoms with E-state index in [9.17, 15) is 17.6 Å². The maximum Gasteiger partial charge on any atom is 0.410 e. The molecular formula is C30H35FN2O5S. The number of benzene rings is 3. The third-order valence-electron chi connectivity index (χ3n) is 6.65. The molecule has 9 heteroatoms. The molecule has 0 spiro atoms. The number of likely N-dealkylation sites (tertiary alicyclic amines) is 1. The summed E-state index contributed by atoms with van der Waals surface area (Å²) in [5.74, 6) is -0.292. The van der Waals surface area contributed by atoms with Gasteiger partial charge in [-0.15, -0.1) is 0 Å². The van der Waals surface area contributed by atoms with Crippen LogP contribution in [0.5, 0.6) is 5.75 Å². The molecule has 3 aromatic carbocycles. The summed E-state index contributed by atoms with van der Waals surface area (Å²) in [6, 6.07) is 20.0. The number of sulfonamides is 1. The van der Waals surface area contributed by atoms with E-state index in [2.05, 4.69) is 0 Å². The molecule has 1 aliphatic rings. The van der Waals surface area contributed by atoms with Crippen molar-refractivity contribution in [3.05, 3.63) is 78.6 Å². The lowest BCUT2D eigenvalue weighted by molar-refractivity contribution is 0.0187. The lowest BCUT2D eigenvalue weighted by Crippen LogP contribution is -2.44. The van der Waals surface area contributed by atoms with Crippen LogP contribution in [0, 0.1) is 11.7 Å². The Bertz CT molecular complexity index is 1400. The summed E-state index contributed by atoms with van der Waals surface area (Å²) < 4.78 is 55.3. The zero-order valence-corrected chi connectivity index (χ0v) is 23.6. The first-order valence-electron chi connectivity index (χ1n) is 13.0. The molecule has 208 valence electrons. The fourth-order valence-corrected chi connectivity index (χ4v) is 6.29. The molecule has 0 saturated carbocycles. The Morgan fingerprint density at radius 3 is 2.26 bits per heavy atom. The number of amides is 1. The monoisotopic (exact) mass is 554 g/mol. The van der Waals surface area contributed by atoms with Gasteiger partial charge < -0.3 is 14.4 Å². The van der Waals surface area contributed by atoms with Crippen molar-refractivity contribution < 1.29 is 27.1 Å². The number of halogens is 1. The minimum Gasteiger partial charge on any atom is -0.497 e. The highest BCUT2D eigenvalue weighted by Gasteiger charge is 2.34. The second-order valence-corrected chi connectivity index (χ2v) is 12.5. The third-order valence-corrected chi connectivity index (χ3v) is 8.47. The van der Waals surface area contributed by atoms with Crippen molar-refractivity contribution in [1.82, 2.24) is 4.90 Å². The van der Waals surface area contributed by atoms with Gasteiger partial charge in [-0.05, 0) is 75.4 Å². The number of hydrogen-bond donors (Lipinski definition) is 0. The molecule has 0 N–H and O–H groups in total. The molecule has 39 heavy (non-hydrogen) atoms. The van der Waals surface area contributed by atoms with E-state index in [0.717, 1.165) is 11.6 Å². The Morgan fingerprint density at radius 1 is 1.00 bits per heavy atom. The molecule has 0 unspecified atom stereocenters. The van der Waals surface area contributed by atoms with E-state index in [4.69, 9.17) is 9.47 Å². The molecule has 0 aromatic heterocycles. The van der Waals surface area contributed by atoms with Crippen molar-refractivity contribution in [3.63, 3.8) is 0 Å². The SMILES string of the molecule is COc1ccc(N(CC2CCN(C(=O)OC(C)(C)C)CC2)S(=O)(=O)c2ccccc2F)c(-c2ccccc2)c1. The largest absolute Gasteiger partial charge is 0.497 e. The number of piperidine rings is 1. The topological polar surface area (TPSA) is 76.2 Å². The van der Waals surface area contributed by atoms with E-state index >= 15 is 0 Å². The first kappa shape index (κ1) is 28.4. The Morgan fingerprint density at radius 2 is 1.64 bits per heavy atom. The van der Waals surface area contributed by atoms with Crippen molar-refractivity contribution in [2.75, 3.05) is 31.0 Å². The van der Waals surface area contributed by atoms with Crippen LogP contribution >= 0.6 is 0 Å². The zero-order valence-electron chi connectivity index (χ0n) is 22.8. The number of hydrogen-bond acceptors (Lipinski definition) is 5. The average Bonchev–Trinajstić information content (AvgIpc) is 2.91. The lowest BCUT2D eigenvalue weighted by atomic mass is 9.96. The van der Waals surface area contributed by atoms with Crippen LogP contribution in [0.15, 0.2) is 77.7 Å². The average molecular weight is 555 g/mol. The van der Waals surface area contributed by atoms with Gasteiger partial charge in [-0.25, -0.2) is 17.6 Å². The van der Waals surface area contributed by atoms with E-state index < -0.39 is 21.4 Å². The number of anilines is 1. The molecule has 1 heterocycles. The molecule has 3 aromatic rings. The van der Waals surface area contributed by atoms with E-state index in [0.29, 0.717) is 42.9 Å². The maximum absolute atomic E-state index is 14.9. The molecule has 7 nitrogen and oxygen atoms in total. The Labute approximate surface area is 230 Å². The molecule has 0 radical (unpaired) electrons. The molecule has 0 atom stereocenters. The second-order valence-electron chi connectivity index (χ2n) is 10.6. The van der Waals surface area contributed by atoms with Crippen LogP contribution in [-0.4, -0.2) is 51.8 Å². The first-order valence-corrected chi connectivity index (χ1v) is 14.4. The van der Waals surface area contributed by atoms with Gasteiger partial charge >= 0.3 is 6.09 Å². The van der Waals surface area contributed by atoms with Crippen molar-refractivity contribution in [3.8, 4) is 16.9 Å². The standard InChI is InChI=1S/C30H35FN2O5S/c1-30(2,3)38-29(34)32-18-16-22(17-19-32)21-33(39(35,36)28-13-9-8-12-26(28)31)27-15-14-24(37-4)20-25(27)23-10-6-5-7-11-23/h5-15,20,22H,16-19,21H2,1-4H3. The molecule has 1 amide bonds. The van der Waals surface area contributed by atoms with Crippen LogP contribution in [0.25, 0.3) is 11.1 Å². The van der Waals surface area contributed by atoms with Crippen LogP contribution in [0.4, 0.5) is 14.9 Å². The van der Waals surface area contributed by atoms with Crippen LogP contribution in [-0.2, 0) is 14.8 Å². The summed E-state index contributed by atoms with van der Waals surface area (Å²) >= 11 is 0. The molecule has 0 aliphatic carbocycles. The predicted octanol–water partition coefficient (Wildman–Crippen LogP) is 6.34.